The predicted octanol–water partition coefficient (Wildman–Crippen LogP) is 2.24. The molecule has 2 heteroatoms. The number of aliphatic hydroxyl groups excluding tert-OH is 1. The first-order valence-corrected chi connectivity index (χ1v) is 4.94. The van der Waals surface area contributed by atoms with E-state index < -0.39 is 0 Å². The summed E-state index contributed by atoms with van der Waals surface area (Å²) in [7, 11) is 1.69. The Labute approximate surface area is 85.5 Å². The van der Waals surface area contributed by atoms with Crippen LogP contribution in [-0.2, 0) is 6.42 Å². The van der Waals surface area contributed by atoms with Gasteiger partial charge in [-0.1, -0.05) is 6.07 Å². The van der Waals surface area contributed by atoms with Gasteiger partial charge >= 0.3 is 0 Å². The Morgan fingerprint density at radius 3 is 2.43 bits per heavy atom. The minimum atomic E-state index is 0.232. The summed E-state index contributed by atoms with van der Waals surface area (Å²) in [6.07, 6.45) is 1.67. The van der Waals surface area contributed by atoms with E-state index in [1.54, 1.807) is 7.11 Å². The van der Waals surface area contributed by atoms with Gasteiger partial charge in [0, 0.05) is 6.61 Å². The zero-order valence-corrected chi connectivity index (χ0v) is 9.13. The van der Waals surface area contributed by atoms with Crippen molar-refractivity contribution in [2.24, 2.45) is 0 Å². The number of ether oxygens (including phenoxy) is 1. The molecule has 14 heavy (non-hydrogen) atoms. The van der Waals surface area contributed by atoms with Crippen molar-refractivity contribution in [2.45, 2.75) is 26.7 Å². The summed E-state index contributed by atoms with van der Waals surface area (Å²) >= 11 is 0. The summed E-state index contributed by atoms with van der Waals surface area (Å²) in [5.74, 6) is 0.932. The van der Waals surface area contributed by atoms with Gasteiger partial charge in [0.25, 0.3) is 0 Å². The predicted molar refractivity (Wildman–Crippen MR) is 57.9 cm³/mol. The van der Waals surface area contributed by atoms with E-state index in [2.05, 4.69) is 26.0 Å². The number of hydrogen-bond acceptors (Lipinski definition) is 2. The fourth-order valence-corrected chi connectivity index (χ4v) is 1.50. The van der Waals surface area contributed by atoms with Gasteiger partial charge in [-0.3, -0.25) is 0 Å². The molecule has 0 radical (unpaired) electrons. The molecule has 0 atom stereocenters. The second kappa shape index (κ2) is 5.01. The quantitative estimate of drug-likeness (QED) is 0.796. The van der Waals surface area contributed by atoms with Crippen molar-refractivity contribution in [3.8, 4) is 5.75 Å². The normalized spacial score (nSPS) is 10.3. The van der Waals surface area contributed by atoms with Crippen LogP contribution in [0.25, 0.3) is 0 Å². The second-order valence-electron chi connectivity index (χ2n) is 3.58. The summed E-state index contributed by atoms with van der Waals surface area (Å²) in [6.45, 7) is 4.40. The van der Waals surface area contributed by atoms with Gasteiger partial charge in [-0.05, 0) is 49.4 Å². The molecule has 0 aromatic heterocycles. The lowest BCUT2D eigenvalue weighted by Gasteiger charge is -2.11. The second-order valence-corrected chi connectivity index (χ2v) is 3.58. The zero-order chi connectivity index (χ0) is 10.6. The number of aliphatic hydroxyl groups is 1. The Morgan fingerprint density at radius 1 is 1.21 bits per heavy atom. The highest BCUT2D eigenvalue weighted by molar-refractivity contribution is 5.41. The van der Waals surface area contributed by atoms with Crippen LogP contribution < -0.4 is 4.74 Å². The molecule has 0 aliphatic rings. The molecular weight excluding hydrogens is 176 g/mol. The Bertz CT molecular complexity index is 305. The average molecular weight is 194 g/mol. The summed E-state index contributed by atoms with van der Waals surface area (Å²) in [5, 5.41) is 8.77. The van der Waals surface area contributed by atoms with E-state index in [1.165, 1.54) is 16.7 Å². The van der Waals surface area contributed by atoms with E-state index in [4.69, 9.17) is 9.84 Å². The van der Waals surface area contributed by atoms with E-state index in [1.807, 2.05) is 0 Å². The first-order valence-electron chi connectivity index (χ1n) is 4.94. The Kier molecular flexibility index (Phi) is 3.96. The molecule has 0 amide bonds. The number of aryl methyl sites for hydroxylation is 3. The molecule has 0 aliphatic heterocycles. The lowest BCUT2D eigenvalue weighted by atomic mass is 10.0. The fraction of sp³-hybridized carbons (Fsp3) is 0.500. The van der Waals surface area contributed by atoms with Crippen molar-refractivity contribution in [1.82, 2.24) is 0 Å². The molecule has 0 aliphatic carbocycles. The third kappa shape index (κ3) is 2.48. The zero-order valence-electron chi connectivity index (χ0n) is 9.13. The molecule has 2 nitrogen and oxygen atoms in total. The molecule has 0 heterocycles. The third-order valence-corrected chi connectivity index (χ3v) is 2.50. The standard InChI is InChI=1S/C12H18O2/c1-9-7-11(5-4-6-13)12(14-3)8-10(9)2/h7-8,13H,4-6H2,1-3H3. The van der Waals surface area contributed by atoms with Gasteiger partial charge in [0.05, 0.1) is 7.11 Å². The first-order chi connectivity index (χ1) is 6.69. The molecular formula is C12H18O2. The Morgan fingerprint density at radius 2 is 1.86 bits per heavy atom. The van der Waals surface area contributed by atoms with Crippen LogP contribution in [0, 0.1) is 13.8 Å². The van der Waals surface area contributed by atoms with E-state index in [0.717, 1.165) is 18.6 Å². The van der Waals surface area contributed by atoms with Gasteiger partial charge in [0.2, 0.25) is 0 Å². The van der Waals surface area contributed by atoms with Crippen LogP contribution in [-0.4, -0.2) is 18.8 Å². The maximum atomic E-state index is 8.77. The minimum Gasteiger partial charge on any atom is -0.496 e. The summed E-state index contributed by atoms with van der Waals surface area (Å²) in [6, 6.07) is 4.20. The molecule has 1 aromatic rings. The van der Waals surface area contributed by atoms with Crippen LogP contribution in [0.1, 0.15) is 23.1 Å². The van der Waals surface area contributed by atoms with Gasteiger partial charge in [-0.25, -0.2) is 0 Å². The van der Waals surface area contributed by atoms with Crippen LogP contribution in [0.5, 0.6) is 5.75 Å². The van der Waals surface area contributed by atoms with Gasteiger partial charge in [0.15, 0.2) is 0 Å². The third-order valence-electron chi connectivity index (χ3n) is 2.50. The molecule has 0 unspecified atom stereocenters. The molecule has 1 rings (SSSR count). The van der Waals surface area contributed by atoms with Gasteiger partial charge in [-0.15, -0.1) is 0 Å². The highest BCUT2D eigenvalue weighted by Crippen LogP contribution is 2.23. The molecule has 78 valence electrons. The summed E-state index contributed by atoms with van der Waals surface area (Å²) in [4.78, 5) is 0. The smallest absolute Gasteiger partial charge is 0.122 e. The number of hydrogen-bond donors (Lipinski definition) is 1. The van der Waals surface area contributed by atoms with Crippen molar-refractivity contribution in [3.63, 3.8) is 0 Å². The van der Waals surface area contributed by atoms with Crippen molar-refractivity contribution in [3.05, 3.63) is 28.8 Å². The van der Waals surface area contributed by atoms with E-state index in [0.29, 0.717) is 0 Å². The number of methoxy groups -OCH3 is 1. The van der Waals surface area contributed by atoms with Crippen LogP contribution in [0.2, 0.25) is 0 Å². The highest BCUT2D eigenvalue weighted by atomic mass is 16.5. The molecule has 0 saturated heterocycles. The van der Waals surface area contributed by atoms with Gasteiger partial charge in [0.1, 0.15) is 5.75 Å². The molecule has 0 spiro atoms. The van der Waals surface area contributed by atoms with Crippen molar-refractivity contribution >= 4 is 0 Å². The summed E-state index contributed by atoms with van der Waals surface area (Å²) < 4.78 is 5.30. The maximum Gasteiger partial charge on any atom is 0.122 e. The topological polar surface area (TPSA) is 29.5 Å². The number of rotatable bonds is 4. The Balaban J connectivity index is 2.95. The molecule has 0 saturated carbocycles. The molecule has 1 aromatic carbocycles. The van der Waals surface area contributed by atoms with Gasteiger partial charge < -0.3 is 9.84 Å². The lowest BCUT2D eigenvalue weighted by Crippen LogP contribution is -1.96. The highest BCUT2D eigenvalue weighted by Gasteiger charge is 2.05. The first kappa shape index (κ1) is 11.1. The van der Waals surface area contributed by atoms with Crippen LogP contribution in [0.15, 0.2) is 12.1 Å². The summed E-state index contributed by atoms with van der Waals surface area (Å²) in [5.41, 5.74) is 3.71. The van der Waals surface area contributed by atoms with E-state index >= 15 is 0 Å². The average Bonchev–Trinajstić information content (AvgIpc) is 2.19. The largest absolute Gasteiger partial charge is 0.496 e. The monoisotopic (exact) mass is 194 g/mol. The maximum absolute atomic E-state index is 8.77. The van der Waals surface area contributed by atoms with Gasteiger partial charge in [-0.2, -0.15) is 0 Å². The van der Waals surface area contributed by atoms with Crippen molar-refractivity contribution < 1.29 is 9.84 Å². The van der Waals surface area contributed by atoms with Crippen LogP contribution in [0.3, 0.4) is 0 Å². The molecule has 0 bridgehead atoms. The molecule has 0 fully saturated rings. The van der Waals surface area contributed by atoms with E-state index in [9.17, 15) is 0 Å². The number of benzene rings is 1. The van der Waals surface area contributed by atoms with Crippen LogP contribution >= 0.6 is 0 Å². The fourth-order valence-electron chi connectivity index (χ4n) is 1.50. The van der Waals surface area contributed by atoms with Crippen molar-refractivity contribution in [2.75, 3.05) is 13.7 Å². The minimum absolute atomic E-state index is 0.232. The Hall–Kier alpha value is -1.02. The SMILES string of the molecule is COc1cc(C)c(C)cc1CCCO. The lowest BCUT2D eigenvalue weighted by molar-refractivity contribution is 0.287. The van der Waals surface area contributed by atoms with Crippen molar-refractivity contribution in [1.29, 1.82) is 0 Å². The van der Waals surface area contributed by atoms with E-state index in [-0.39, 0.29) is 6.61 Å². The van der Waals surface area contributed by atoms with Crippen LogP contribution in [0.4, 0.5) is 0 Å². The molecule has 1 N–H and O–H groups in total.